The fourth-order valence-electron chi connectivity index (χ4n) is 2.50. The summed E-state index contributed by atoms with van der Waals surface area (Å²) >= 11 is 1.19. The van der Waals surface area contributed by atoms with Gasteiger partial charge in [0.15, 0.2) is 11.5 Å². The van der Waals surface area contributed by atoms with Gasteiger partial charge < -0.3 is 10.1 Å². The van der Waals surface area contributed by atoms with Gasteiger partial charge in [-0.3, -0.25) is 19.0 Å². The number of esters is 1. The van der Waals surface area contributed by atoms with E-state index in [0.29, 0.717) is 11.2 Å². The molecular weight excluding hydrogens is 421 g/mol. The van der Waals surface area contributed by atoms with Crippen molar-refractivity contribution in [2.45, 2.75) is 54.2 Å². The third-order valence-corrected chi connectivity index (χ3v) is 5.19. The summed E-state index contributed by atoms with van der Waals surface area (Å²) in [5, 5.41) is 4.23. The summed E-state index contributed by atoms with van der Waals surface area (Å²) < 4.78 is 21.2. The van der Waals surface area contributed by atoms with Crippen LogP contribution < -0.4 is 10.1 Å². The molecule has 1 atom stereocenters. The third-order valence-electron chi connectivity index (χ3n) is 4.40. The highest BCUT2D eigenvalue weighted by atomic mass is 32.1. The summed E-state index contributed by atoms with van der Waals surface area (Å²) in [5.74, 6) is -2.21. The molecule has 0 aliphatic rings. The monoisotopic (exact) mass is 449 g/mol. The molecule has 0 fully saturated rings. The number of hydrogen-bond donors (Lipinski definition) is 1. The highest BCUT2D eigenvalue weighted by molar-refractivity contribution is 7.07. The Morgan fingerprint density at radius 1 is 1.29 bits per heavy atom. The summed E-state index contributed by atoms with van der Waals surface area (Å²) in [6.07, 6.45) is 2.55. The van der Waals surface area contributed by atoms with Gasteiger partial charge in [0.1, 0.15) is 5.82 Å². The summed E-state index contributed by atoms with van der Waals surface area (Å²) in [7, 11) is 0. The molecule has 0 aliphatic heterocycles. The third kappa shape index (κ3) is 7.43. The second-order valence-corrected chi connectivity index (χ2v) is 9.33. The van der Waals surface area contributed by atoms with Crippen LogP contribution in [0.5, 0.6) is 0 Å². The number of hydrogen-bond acceptors (Lipinski definition) is 5. The molecule has 2 aromatic rings. The van der Waals surface area contributed by atoms with Gasteiger partial charge in [0.2, 0.25) is 5.91 Å². The zero-order valence-electron chi connectivity index (χ0n) is 18.4. The van der Waals surface area contributed by atoms with Crippen LogP contribution >= 0.6 is 11.3 Å². The van der Waals surface area contributed by atoms with Crippen molar-refractivity contribution in [1.29, 1.82) is 0 Å². The average Bonchev–Trinajstić information content (AvgIpc) is 3.12. The smallest absolute Gasteiger partial charge is 0.310 e. The predicted octanol–water partition coefficient (Wildman–Crippen LogP) is 4.35. The topological polar surface area (TPSA) is 89.8 Å². The summed E-state index contributed by atoms with van der Waals surface area (Å²) in [6, 6.07) is 3.79. The minimum atomic E-state index is -0.718. The van der Waals surface area contributed by atoms with Crippen LogP contribution in [0.4, 0.5) is 10.1 Å². The fraction of sp³-hybridized carbons (Fsp3) is 0.455. The first kappa shape index (κ1) is 24.5. The molecule has 2 amide bonds. The van der Waals surface area contributed by atoms with E-state index in [4.69, 9.17) is 4.74 Å². The highest BCUT2D eigenvalue weighted by Crippen LogP contribution is 2.21. The SMILES string of the molecule is CCC(C)C(=O)OCn1ccs/c1=N\C(=O)c1ccc(NC(=O)CC(C)(C)C)c(F)c1. The zero-order chi connectivity index (χ0) is 23.2. The first-order valence-electron chi connectivity index (χ1n) is 9.99. The van der Waals surface area contributed by atoms with Crippen molar-refractivity contribution in [3.05, 3.63) is 46.0 Å². The molecule has 0 saturated heterocycles. The molecule has 1 aromatic heterocycles. The van der Waals surface area contributed by atoms with E-state index < -0.39 is 11.7 Å². The van der Waals surface area contributed by atoms with Crippen LogP contribution in [-0.2, 0) is 21.1 Å². The van der Waals surface area contributed by atoms with E-state index in [0.717, 1.165) is 6.07 Å². The molecule has 0 saturated carbocycles. The predicted molar refractivity (Wildman–Crippen MR) is 117 cm³/mol. The molecule has 7 nitrogen and oxygen atoms in total. The lowest BCUT2D eigenvalue weighted by atomic mass is 9.92. The molecule has 168 valence electrons. The molecular formula is C22H28FN3O4S. The maximum atomic E-state index is 14.4. The number of thiazole rings is 1. The number of benzene rings is 1. The Bertz CT molecular complexity index is 1020. The molecule has 1 unspecified atom stereocenters. The Morgan fingerprint density at radius 3 is 2.61 bits per heavy atom. The molecule has 0 radical (unpaired) electrons. The summed E-state index contributed by atoms with van der Waals surface area (Å²) in [6.45, 7) is 9.34. The Labute approximate surface area is 185 Å². The highest BCUT2D eigenvalue weighted by Gasteiger charge is 2.18. The molecule has 1 aromatic carbocycles. The number of carbonyl (C=O) groups excluding carboxylic acids is 3. The fourth-order valence-corrected chi connectivity index (χ4v) is 3.22. The minimum absolute atomic E-state index is 0.00828. The van der Waals surface area contributed by atoms with Gasteiger partial charge in [-0.25, -0.2) is 4.39 Å². The number of amides is 2. The summed E-state index contributed by atoms with van der Waals surface area (Å²) in [4.78, 5) is 40.7. The average molecular weight is 450 g/mol. The Kier molecular flexibility index (Phi) is 8.27. The number of nitrogens with one attached hydrogen (secondary N) is 1. The van der Waals surface area contributed by atoms with Crippen LogP contribution in [0.1, 0.15) is 57.8 Å². The van der Waals surface area contributed by atoms with Gasteiger partial charge in [-0.15, -0.1) is 11.3 Å². The largest absolute Gasteiger partial charge is 0.444 e. The number of ether oxygens (including phenoxy) is 1. The van der Waals surface area contributed by atoms with Crippen LogP contribution in [-0.4, -0.2) is 22.4 Å². The lowest BCUT2D eigenvalue weighted by Crippen LogP contribution is -2.22. The van der Waals surface area contributed by atoms with E-state index in [-0.39, 0.29) is 47.6 Å². The summed E-state index contributed by atoms with van der Waals surface area (Å²) in [5.41, 5.74) is -0.175. The zero-order valence-corrected chi connectivity index (χ0v) is 19.2. The maximum Gasteiger partial charge on any atom is 0.310 e. The Balaban J connectivity index is 2.12. The molecule has 0 aliphatic carbocycles. The van der Waals surface area contributed by atoms with Gasteiger partial charge in [-0.2, -0.15) is 4.99 Å². The van der Waals surface area contributed by atoms with Gasteiger partial charge in [0.05, 0.1) is 11.6 Å². The quantitative estimate of drug-likeness (QED) is 0.637. The number of anilines is 1. The normalized spacial score (nSPS) is 13.0. The van der Waals surface area contributed by atoms with Crippen molar-refractivity contribution in [1.82, 2.24) is 4.57 Å². The van der Waals surface area contributed by atoms with Crippen molar-refractivity contribution in [3.8, 4) is 0 Å². The molecule has 0 spiro atoms. The van der Waals surface area contributed by atoms with Crippen LogP contribution in [0.2, 0.25) is 0 Å². The Hall–Kier alpha value is -2.81. The van der Waals surface area contributed by atoms with Crippen molar-refractivity contribution < 1.29 is 23.5 Å². The molecule has 31 heavy (non-hydrogen) atoms. The van der Waals surface area contributed by atoms with Gasteiger partial charge in [-0.1, -0.05) is 34.6 Å². The van der Waals surface area contributed by atoms with E-state index in [1.807, 2.05) is 27.7 Å². The second kappa shape index (κ2) is 10.5. The number of rotatable bonds is 7. The van der Waals surface area contributed by atoms with Crippen LogP contribution in [0.15, 0.2) is 34.8 Å². The van der Waals surface area contributed by atoms with Crippen molar-refractivity contribution in [3.63, 3.8) is 0 Å². The van der Waals surface area contributed by atoms with E-state index in [1.165, 1.54) is 28.0 Å². The van der Waals surface area contributed by atoms with Gasteiger partial charge in [-0.05, 0) is 30.0 Å². The molecule has 1 heterocycles. The van der Waals surface area contributed by atoms with Crippen LogP contribution in [0.3, 0.4) is 0 Å². The van der Waals surface area contributed by atoms with E-state index in [1.54, 1.807) is 18.5 Å². The number of halogens is 1. The van der Waals surface area contributed by atoms with Crippen LogP contribution in [0, 0.1) is 17.2 Å². The lowest BCUT2D eigenvalue weighted by molar-refractivity contribution is -0.152. The Morgan fingerprint density at radius 2 is 2.00 bits per heavy atom. The first-order chi connectivity index (χ1) is 14.5. The maximum absolute atomic E-state index is 14.4. The molecule has 0 bridgehead atoms. The van der Waals surface area contributed by atoms with Crippen molar-refractivity contribution in [2.75, 3.05) is 5.32 Å². The number of aromatic nitrogens is 1. The second-order valence-electron chi connectivity index (χ2n) is 8.45. The van der Waals surface area contributed by atoms with Gasteiger partial charge in [0.25, 0.3) is 5.91 Å². The van der Waals surface area contributed by atoms with Crippen molar-refractivity contribution >= 4 is 34.8 Å². The van der Waals surface area contributed by atoms with Crippen LogP contribution in [0.25, 0.3) is 0 Å². The van der Waals surface area contributed by atoms with E-state index in [9.17, 15) is 18.8 Å². The standard InChI is InChI=1S/C22H28FN3O4S/c1-6-14(2)20(29)30-13-26-9-10-31-21(26)25-19(28)15-7-8-17(16(23)11-15)24-18(27)12-22(3,4)5/h7-11,14H,6,12-13H2,1-5H3,(H,24,27)/b25-21-. The van der Waals surface area contributed by atoms with Gasteiger partial charge >= 0.3 is 5.97 Å². The minimum Gasteiger partial charge on any atom is -0.444 e. The number of carbonyl (C=O) groups is 3. The van der Waals surface area contributed by atoms with E-state index in [2.05, 4.69) is 10.3 Å². The van der Waals surface area contributed by atoms with Gasteiger partial charge in [0, 0.05) is 23.6 Å². The first-order valence-corrected chi connectivity index (χ1v) is 10.9. The lowest BCUT2D eigenvalue weighted by Gasteiger charge is -2.17. The molecule has 2 rings (SSSR count). The molecule has 1 N–H and O–H groups in total. The van der Waals surface area contributed by atoms with Crippen molar-refractivity contribution in [2.24, 2.45) is 16.3 Å². The molecule has 9 heteroatoms. The number of nitrogens with zero attached hydrogens (tertiary/aromatic N) is 2. The van der Waals surface area contributed by atoms with E-state index >= 15 is 0 Å².